The molecule has 0 bridgehead atoms. The highest BCUT2D eigenvalue weighted by atomic mass is 14.9. The fourth-order valence-electron chi connectivity index (χ4n) is 2.71. The van der Waals surface area contributed by atoms with Crippen molar-refractivity contribution in [3.05, 3.63) is 48.7 Å². The average Bonchev–Trinajstić information content (AvgIpc) is 2.90. The Morgan fingerprint density at radius 3 is 2.90 bits per heavy atom. The molecule has 0 amide bonds. The fraction of sp³-hybridized carbons (Fsp3) is 0.474. The summed E-state index contributed by atoms with van der Waals surface area (Å²) in [6.45, 7) is 9.15. The molecule has 0 saturated heterocycles. The van der Waals surface area contributed by atoms with Gasteiger partial charge in [-0.1, -0.05) is 25.5 Å². The predicted octanol–water partition coefficient (Wildman–Crippen LogP) is 4.89. The van der Waals surface area contributed by atoms with E-state index in [2.05, 4.69) is 53.8 Å². The lowest BCUT2D eigenvalue weighted by molar-refractivity contribution is 0.603. The minimum atomic E-state index is 0.969. The maximum absolute atomic E-state index is 3.77. The van der Waals surface area contributed by atoms with Crippen LogP contribution >= 0.6 is 0 Å². The van der Waals surface area contributed by atoms with Gasteiger partial charge in [0, 0.05) is 24.8 Å². The van der Waals surface area contributed by atoms with Crippen molar-refractivity contribution < 1.29 is 0 Å². The number of benzene rings is 1. The molecule has 2 rings (SSSR count). The Labute approximate surface area is 128 Å². The van der Waals surface area contributed by atoms with Crippen molar-refractivity contribution in [3.63, 3.8) is 0 Å². The summed E-state index contributed by atoms with van der Waals surface area (Å²) in [6, 6.07) is 9.07. The monoisotopic (exact) mass is 284 g/mol. The molecule has 2 heteroatoms. The van der Waals surface area contributed by atoms with Crippen molar-refractivity contribution in [3.8, 4) is 0 Å². The second kappa shape index (κ2) is 8.68. The third-order valence-electron chi connectivity index (χ3n) is 3.90. The Balaban J connectivity index is 1.92. The van der Waals surface area contributed by atoms with Gasteiger partial charge in [-0.15, -0.1) is 6.58 Å². The van der Waals surface area contributed by atoms with E-state index in [-0.39, 0.29) is 0 Å². The van der Waals surface area contributed by atoms with Gasteiger partial charge in [-0.3, -0.25) is 0 Å². The van der Waals surface area contributed by atoms with Gasteiger partial charge in [-0.05, 0) is 61.4 Å². The molecule has 0 fully saturated rings. The molecule has 0 unspecified atom stereocenters. The van der Waals surface area contributed by atoms with E-state index in [4.69, 9.17) is 0 Å². The zero-order chi connectivity index (χ0) is 14.9. The van der Waals surface area contributed by atoms with Crippen molar-refractivity contribution >= 4 is 10.9 Å². The second-order valence-corrected chi connectivity index (χ2v) is 5.72. The van der Waals surface area contributed by atoms with Crippen LogP contribution in [0.4, 0.5) is 0 Å². The Kier molecular flexibility index (Phi) is 6.55. The summed E-state index contributed by atoms with van der Waals surface area (Å²) in [5, 5.41) is 4.82. The average molecular weight is 284 g/mol. The van der Waals surface area contributed by atoms with Crippen molar-refractivity contribution in [1.82, 2.24) is 9.88 Å². The lowest BCUT2D eigenvalue weighted by Gasteiger charge is -2.07. The maximum Gasteiger partial charge on any atom is 0.0480 e. The number of nitrogens with zero attached hydrogens (tertiary/aromatic N) is 1. The summed E-state index contributed by atoms with van der Waals surface area (Å²) in [5.41, 5.74) is 2.73. The van der Waals surface area contributed by atoms with E-state index in [0.29, 0.717) is 0 Å². The third kappa shape index (κ3) is 4.75. The van der Waals surface area contributed by atoms with E-state index in [9.17, 15) is 0 Å². The number of fused-ring (bicyclic) bond motifs is 1. The van der Waals surface area contributed by atoms with Gasteiger partial charge >= 0.3 is 0 Å². The fourth-order valence-corrected chi connectivity index (χ4v) is 2.71. The lowest BCUT2D eigenvalue weighted by atomic mass is 10.1. The first-order chi connectivity index (χ1) is 10.3. The summed E-state index contributed by atoms with van der Waals surface area (Å²) in [7, 11) is 0. The van der Waals surface area contributed by atoms with Crippen LogP contribution in [0, 0.1) is 0 Å². The summed E-state index contributed by atoms with van der Waals surface area (Å²) >= 11 is 0. The van der Waals surface area contributed by atoms with Gasteiger partial charge in [0.2, 0.25) is 0 Å². The van der Waals surface area contributed by atoms with Crippen LogP contribution in [-0.4, -0.2) is 11.1 Å². The predicted molar refractivity (Wildman–Crippen MR) is 92.6 cm³/mol. The van der Waals surface area contributed by atoms with Crippen molar-refractivity contribution in [2.45, 2.75) is 52.1 Å². The molecule has 0 aliphatic carbocycles. The molecular formula is C19H28N2. The maximum atomic E-state index is 3.77. The first-order valence-electron chi connectivity index (χ1n) is 8.24. The normalized spacial score (nSPS) is 11.1. The van der Waals surface area contributed by atoms with Crippen LogP contribution in [0.1, 0.15) is 44.6 Å². The Morgan fingerprint density at radius 1 is 1.19 bits per heavy atom. The molecule has 0 saturated carbocycles. The zero-order valence-corrected chi connectivity index (χ0v) is 13.3. The third-order valence-corrected chi connectivity index (χ3v) is 3.90. The Hall–Kier alpha value is -1.54. The smallest absolute Gasteiger partial charge is 0.0480 e. The highest BCUT2D eigenvalue weighted by Gasteiger charge is 2.02. The van der Waals surface area contributed by atoms with Crippen molar-refractivity contribution in [1.29, 1.82) is 0 Å². The van der Waals surface area contributed by atoms with E-state index in [1.807, 2.05) is 6.08 Å². The molecule has 0 spiro atoms. The molecule has 1 N–H and O–H groups in total. The molecule has 1 aromatic carbocycles. The quantitative estimate of drug-likeness (QED) is 0.485. The largest absolute Gasteiger partial charge is 0.347 e. The van der Waals surface area contributed by atoms with Gasteiger partial charge in [-0.2, -0.15) is 0 Å². The first kappa shape index (κ1) is 15.8. The molecule has 0 radical (unpaired) electrons. The van der Waals surface area contributed by atoms with Crippen LogP contribution in [0.5, 0.6) is 0 Å². The summed E-state index contributed by atoms with van der Waals surface area (Å²) < 4.78 is 2.38. The van der Waals surface area contributed by atoms with Gasteiger partial charge in [0.1, 0.15) is 0 Å². The van der Waals surface area contributed by atoms with Gasteiger partial charge in [0.15, 0.2) is 0 Å². The van der Waals surface area contributed by atoms with Crippen LogP contribution in [-0.2, 0) is 13.1 Å². The molecule has 2 aromatic rings. The molecule has 0 aliphatic rings. The summed E-state index contributed by atoms with van der Waals surface area (Å²) in [6.07, 6.45) is 10.4. The van der Waals surface area contributed by atoms with Crippen LogP contribution in [0.15, 0.2) is 43.1 Å². The number of unbranched alkanes of at least 4 members (excludes halogenated alkanes) is 3. The number of hydrogen-bond donors (Lipinski definition) is 1. The molecule has 1 aromatic heterocycles. The van der Waals surface area contributed by atoms with Crippen molar-refractivity contribution in [2.75, 3.05) is 6.54 Å². The van der Waals surface area contributed by atoms with Crippen LogP contribution in [0.2, 0.25) is 0 Å². The molecule has 0 aliphatic heterocycles. The molecule has 1 heterocycles. The second-order valence-electron chi connectivity index (χ2n) is 5.72. The molecular weight excluding hydrogens is 256 g/mol. The number of aryl methyl sites for hydroxylation is 1. The van der Waals surface area contributed by atoms with E-state index in [1.54, 1.807) is 0 Å². The Bertz CT molecular complexity index is 554. The highest BCUT2D eigenvalue weighted by Crippen LogP contribution is 2.18. The standard InChI is InChI=1S/C19H28N2/c1-3-5-6-7-8-13-21-14-11-18-15-17(9-10-19(18)21)16-20-12-4-2/h3,9-11,14-15,20H,1,4-8,12-13,16H2,2H3. The van der Waals surface area contributed by atoms with Gasteiger partial charge in [0.25, 0.3) is 0 Å². The number of aromatic nitrogens is 1. The molecule has 21 heavy (non-hydrogen) atoms. The van der Waals surface area contributed by atoms with Crippen molar-refractivity contribution in [2.24, 2.45) is 0 Å². The number of allylic oxidation sites excluding steroid dienone is 1. The lowest BCUT2D eigenvalue weighted by Crippen LogP contribution is -2.13. The molecule has 0 atom stereocenters. The first-order valence-corrected chi connectivity index (χ1v) is 8.24. The van der Waals surface area contributed by atoms with Gasteiger partial charge in [0.05, 0.1) is 0 Å². The van der Waals surface area contributed by atoms with E-state index < -0.39 is 0 Å². The van der Waals surface area contributed by atoms with E-state index in [1.165, 1.54) is 42.1 Å². The van der Waals surface area contributed by atoms with E-state index in [0.717, 1.165) is 26.1 Å². The highest BCUT2D eigenvalue weighted by molar-refractivity contribution is 5.80. The zero-order valence-electron chi connectivity index (χ0n) is 13.3. The molecule has 2 nitrogen and oxygen atoms in total. The van der Waals surface area contributed by atoms with Crippen LogP contribution in [0.25, 0.3) is 10.9 Å². The van der Waals surface area contributed by atoms with Gasteiger partial charge in [-0.25, -0.2) is 0 Å². The molecule has 114 valence electrons. The SMILES string of the molecule is C=CCCCCCn1ccc2cc(CNCCC)ccc21. The Morgan fingerprint density at radius 2 is 2.10 bits per heavy atom. The number of rotatable bonds is 10. The van der Waals surface area contributed by atoms with E-state index >= 15 is 0 Å². The van der Waals surface area contributed by atoms with Gasteiger partial charge < -0.3 is 9.88 Å². The van der Waals surface area contributed by atoms with Crippen LogP contribution < -0.4 is 5.32 Å². The summed E-state index contributed by atoms with van der Waals surface area (Å²) in [5.74, 6) is 0. The topological polar surface area (TPSA) is 17.0 Å². The minimum Gasteiger partial charge on any atom is -0.347 e. The number of nitrogens with one attached hydrogen (secondary N) is 1. The minimum absolute atomic E-state index is 0.969. The summed E-state index contributed by atoms with van der Waals surface area (Å²) in [4.78, 5) is 0. The van der Waals surface area contributed by atoms with Crippen LogP contribution in [0.3, 0.4) is 0 Å². The number of hydrogen-bond acceptors (Lipinski definition) is 1.